The molecule has 0 amide bonds. The zero-order chi connectivity index (χ0) is 10.3. The molecule has 1 aromatic rings. The summed E-state index contributed by atoms with van der Waals surface area (Å²) in [5.74, 6) is 0.516. The molecule has 0 unspecified atom stereocenters. The van der Waals surface area contributed by atoms with E-state index >= 15 is 0 Å². The van der Waals surface area contributed by atoms with Crippen LogP contribution in [0.1, 0.15) is 18.7 Å². The van der Waals surface area contributed by atoms with Crippen LogP contribution in [0.2, 0.25) is 0 Å². The molecular formula is C8H12N4O2. The van der Waals surface area contributed by atoms with Crippen LogP contribution in [0.5, 0.6) is 0 Å². The Labute approximate surface area is 81.1 Å². The highest BCUT2D eigenvalue weighted by molar-refractivity contribution is 5.85. The fourth-order valence-corrected chi connectivity index (χ4v) is 1.44. The fourth-order valence-electron chi connectivity index (χ4n) is 1.44. The number of ether oxygens (including phenoxy) is 1. The Morgan fingerprint density at radius 3 is 2.64 bits per heavy atom. The van der Waals surface area contributed by atoms with Crippen molar-refractivity contribution in [3.63, 3.8) is 0 Å². The number of methoxy groups -OCH3 is 1. The van der Waals surface area contributed by atoms with Gasteiger partial charge in [0.05, 0.1) is 7.11 Å². The van der Waals surface area contributed by atoms with Crippen LogP contribution in [-0.4, -0.2) is 27.8 Å². The van der Waals surface area contributed by atoms with Crippen LogP contribution >= 0.6 is 0 Å². The number of carbonyl (C=O) groups excluding carboxylic acids is 1. The van der Waals surface area contributed by atoms with Gasteiger partial charge in [-0.1, -0.05) is 0 Å². The van der Waals surface area contributed by atoms with Gasteiger partial charge in [-0.25, -0.2) is 4.68 Å². The average Bonchev–Trinajstić information content (AvgIpc) is 2.90. The van der Waals surface area contributed by atoms with Crippen LogP contribution in [0, 0.1) is 0 Å². The second kappa shape index (κ2) is 2.70. The summed E-state index contributed by atoms with van der Waals surface area (Å²) in [6.07, 6.45) is 1.48. The summed E-state index contributed by atoms with van der Waals surface area (Å²) in [5.41, 5.74) is 4.92. The van der Waals surface area contributed by atoms with Crippen molar-refractivity contribution in [3.05, 3.63) is 5.82 Å². The van der Waals surface area contributed by atoms with Crippen molar-refractivity contribution >= 4 is 11.9 Å². The molecule has 14 heavy (non-hydrogen) atoms. The number of hydrogen-bond acceptors (Lipinski definition) is 5. The molecule has 2 rings (SSSR count). The second-order valence-corrected chi connectivity index (χ2v) is 3.49. The first-order chi connectivity index (χ1) is 6.60. The third kappa shape index (κ3) is 1.07. The number of carbonyl (C=O) groups is 1. The SMILES string of the molecule is COC(=O)C1(c2nc(N)n(C)n2)CC1. The molecule has 1 heterocycles. The monoisotopic (exact) mass is 196 g/mol. The number of esters is 1. The summed E-state index contributed by atoms with van der Waals surface area (Å²) in [6, 6.07) is 0. The molecule has 1 aromatic heterocycles. The maximum absolute atomic E-state index is 11.5. The summed E-state index contributed by atoms with van der Waals surface area (Å²) in [4.78, 5) is 15.5. The Hall–Kier alpha value is -1.59. The second-order valence-electron chi connectivity index (χ2n) is 3.49. The van der Waals surface area contributed by atoms with E-state index in [2.05, 4.69) is 10.1 Å². The smallest absolute Gasteiger partial charge is 0.319 e. The van der Waals surface area contributed by atoms with Crippen molar-refractivity contribution in [2.75, 3.05) is 12.8 Å². The number of nitrogen functional groups attached to an aromatic ring is 1. The van der Waals surface area contributed by atoms with Crippen LogP contribution in [0.3, 0.4) is 0 Å². The predicted octanol–water partition coefficient (Wildman–Crippen LogP) is -0.398. The number of aromatic nitrogens is 3. The largest absolute Gasteiger partial charge is 0.468 e. The summed E-state index contributed by atoms with van der Waals surface area (Å²) in [6.45, 7) is 0. The Morgan fingerprint density at radius 1 is 1.64 bits per heavy atom. The molecule has 0 bridgehead atoms. The Morgan fingerprint density at radius 2 is 2.29 bits per heavy atom. The van der Waals surface area contributed by atoms with Gasteiger partial charge >= 0.3 is 5.97 Å². The lowest BCUT2D eigenvalue weighted by Crippen LogP contribution is -2.23. The first-order valence-electron chi connectivity index (χ1n) is 4.35. The van der Waals surface area contributed by atoms with Crippen LogP contribution in [0.25, 0.3) is 0 Å². The number of rotatable bonds is 2. The van der Waals surface area contributed by atoms with Gasteiger partial charge in [0, 0.05) is 7.05 Å². The molecule has 0 radical (unpaired) electrons. The summed E-state index contributed by atoms with van der Waals surface area (Å²) < 4.78 is 6.17. The van der Waals surface area contributed by atoms with E-state index in [-0.39, 0.29) is 5.97 Å². The van der Waals surface area contributed by atoms with Crippen molar-refractivity contribution in [3.8, 4) is 0 Å². The van der Waals surface area contributed by atoms with Crippen molar-refractivity contribution in [1.29, 1.82) is 0 Å². The maximum Gasteiger partial charge on any atom is 0.319 e. The van der Waals surface area contributed by atoms with E-state index in [0.717, 1.165) is 12.8 Å². The number of anilines is 1. The topological polar surface area (TPSA) is 83.0 Å². The molecule has 0 saturated heterocycles. The lowest BCUT2D eigenvalue weighted by atomic mass is 10.1. The van der Waals surface area contributed by atoms with Crippen LogP contribution in [0.15, 0.2) is 0 Å². The summed E-state index contributed by atoms with van der Waals surface area (Å²) in [5, 5.41) is 4.09. The molecule has 1 fully saturated rings. The molecule has 1 aliphatic rings. The van der Waals surface area contributed by atoms with Crippen molar-refractivity contribution in [2.24, 2.45) is 7.05 Å². The van der Waals surface area contributed by atoms with E-state index in [4.69, 9.17) is 10.5 Å². The summed E-state index contributed by atoms with van der Waals surface area (Å²) >= 11 is 0. The molecule has 6 nitrogen and oxygen atoms in total. The first-order valence-corrected chi connectivity index (χ1v) is 4.35. The van der Waals surface area contributed by atoms with Gasteiger partial charge in [-0.2, -0.15) is 10.1 Å². The minimum Gasteiger partial charge on any atom is -0.468 e. The lowest BCUT2D eigenvalue weighted by Gasteiger charge is -2.06. The Bertz CT molecular complexity index is 361. The predicted molar refractivity (Wildman–Crippen MR) is 48.3 cm³/mol. The minimum absolute atomic E-state index is 0.275. The molecule has 0 spiro atoms. The van der Waals surface area contributed by atoms with Gasteiger partial charge in [0.25, 0.3) is 0 Å². The molecule has 0 atom stereocenters. The third-order valence-electron chi connectivity index (χ3n) is 2.55. The van der Waals surface area contributed by atoms with Gasteiger partial charge in [-0.05, 0) is 12.8 Å². The van der Waals surface area contributed by atoms with Crippen molar-refractivity contribution in [2.45, 2.75) is 18.3 Å². The van der Waals surface area contributed by atoms with Gasteiger partial charge in [0.1, 0.15) is 5.41 Å². The van der Waals surface area contributed by atoms with Gasteiger partial charge in [0.2, 0.25) is 5.95 Å². The number of nitrogens with zero attached hydrogens (tertiary/aromatic N) is 3. The normalized spacial score (nSPS) is 17.9. The van der Waals surface area contributed by atoms with E-state index in [1.54, 1.807) is 7.05 Å². The van der Waals surface area contributed by atoms with Gasteiger partial charge in [0.15, 0.2) is 5.82 Å². The molecule has 76 valence electrons. The van der Waals surface area contributed by atoms with Crippen LogP contribution in [0.4, 0.5) is 5.95 Å². The third-order valence-corrected chi connectivity index (χ3v) is 2.55. The molecule has 1 aliphatic carbocycles. The zero-order valence-electron chi connectivity index (χ0n) is 8.15. The van der Waals surface area contributed by atoms with Crippen LogP contribution < -0.4 is 5.73 Å². The van der Waals surface area contributed by atoms with Gasteiger partial charge in [-0.3, -0.25) is 4.79 Å². The minimum atomic E-state index is -0.621. The molecule has 0 aromatic carbocycles. The van der Waals surface area contributed by atoms with E-state index in [0.29, 0.717) is 11.8 Å². The van der Waals surface area contributed by atoms with E-state index < -0.39 is 5.41 Å². The highest BCUT2D eigenvalue weighted by Crippen LogP contribution is 2.47. The number of hydrogen-bond donors (Lipinski definition) is 1. The molecule has 0 aliphatic heterocycles. The van der Waals surface area contributed by atoms with E-state index in [1.165, 1.54) is 11.8 Å². The van der Waals surface area contributed by atoms with E-state index in [1.807, 2.05) is 0 Å². The van der Waals surface area contributed by atoms with Crippen molar-refractivity contribution in [1.82, 2.24) is 14.8 Å². The Balaban J connectivity index is 2.35. The highest BCUT2D eigenvalue weighted by Gasteiger charge is 2.56. The fraction of sp³-hybridized carbons (Fsp3) is 0.625. The van der Waals surface area contributed by atoms with E-state index in [9.17, 15) is 4.79 Å². The zero-order valence-corrected chi connectivity index (χ0v) is 8.15. The highest BCUT2D eigenvalue weighted by atomic mass is 16.5. The Kier molecular flexibility index (Phi) is 1.73. The first kappa shape index (κ1) is 8.98. The molecule has 6 heteroatoms. The maximum atomic E-state index is 11.5. The van der Waals surface area contributed by atoms with Crippen LogP contribution in [-0.2, 0) is 22.0 Å². The quantitative estimate of drug-likeness (QED) is 0.651. The number of aryl methyl sites for hydroxylation is 1. The van der Waals surface area contributed by atoms with Crippen molar-refractivity contribution < 1.29 is 9.53 Å². The number of nitrogens with two attached hydrogens (primary N) is 1. The standard InChI is InChI=1S/C8H12N4O2/c1-12-7(9)10-5(11-12)8(3-4-8)6(13)14-2/h3-4H2,1-2H3,(H2,9,10,11). The average molecular weight is 196 g/mol. The molecular weight excluding hydrogens is 184 g/mol. The lowest BCUT2D eigenvalue weighted by molar-refractivity contribution is -0.143. The molecule has 2 N–H and O–H groups in total. The molecule has 1 saturated carbocycles. The van der Waals surface area contributed by atoms with Gasteiger partial charge in [-0.15, -0.1) is 0 Å². The summed E-state index contributed by atoms with van der Waals surface area (Å²) in [7, 11) is 3.06. The van der Waals surface area contributed by atoms with Gasteiger partial charge < -0.3 is 10.5 Å².